The monoisotopic (exact) mass is 297 g/mol. The molecule has 2 aromatic rings. The van der Waals surface area contributed by atoms with Gasteiger partial charge in [-0.1, -0.05) is 44.2 Å². The van der Waals surface area contributed by atoms with Crippen LogP contribution in [0.2, 0.25) is 0 Å². The summed E-state index contributed by atoms with van der Waals surface area (Å²) in [6, 6.07) is 12.7. The van der Waals surface area contributed by atoms with Gasteiger partial charge in [-0.3, -0.25) is 4.98 Å². The van der Waals surface area contributed by atoms with Crippen LogP contribution >= 0.6 is 0 Å². The topological polar surface area (TPSA) is 50.9 Å². The average Bonchev–Trinajstić information content (AvgIpc) is 2.65. The third-order valence-electron chi connectivity index (χ3n) is 4.41. The Kier molecular flexibility index (Phi) is 6.10. The van der Waals surface area contributed by atoms with Crippen molar-refractivity contribution in [3.05, 3.63) is 54.4 Å². The largest absolute Gasteiger partial charge is 0.330 e. The number of nitrogens with one attached hydrogen (secondary N) is 1. The molecule has 0 radical (unpaired) electrons. The Morgan fingerprint density at radius 1 is 1.05 bits per heavy atom. The molecule has 0 unspecified atom stereocenters. The minimum Gasteiger partial charge on any atom is -0.330 e. The molecule has 3 N–H and O–H groups in total. The maximum atomic E-state index is 6.10. The molecule has 3 nitrogen and oxygen atoms in total. The fourth-order valence-electron chi connectivity index (χ4n) is 3.03. The zero-order valence-electron chi connectivity index (χ0n) is 13.7. The van der Waals surface area contributed by atoms with Crippen LogP contribution in [0.3, 0.4) is 0 Å². The summed E-state index contributed by atoms with van der Waals surface area (Å²) in [7, 11) is 0. The second kappa shape index (κ2) is 8.06. The number of hydrogen-bond donors (Lipinski definition) is 2. The summed E-state index contributed by atoms with van der Waals surface area (Å²) in [6.07, 6.45) is 6.10. The predicted octanol–water partition coefficient (Wildman–Crippen LogP) is 3.35. The van der Waals surface area contributed by atoms with Gasteiger partial charge in [0.25, 0.3) is 0 Å². The first-order valence-corrected chi connectivity index (χ1v) is 8.26. The molecule has 3 rings (SSSR count). The van der Waals surface area contributed by atoms with E-state index in [1.165, 1.54) is 16.7 Å². The van der Waals surface area contributed by atoms with Crippen molar-refractivity contribution in [3.63, 3.8) is 0 Å². The van der Waals surface area contributed by atoms with E-state index in [0.717, 1.165) is 25.9 Å². The molecular formula is C19H27N3. The van der Waals surface area contributed by atoms with Crippen LogP contribution in [-0.2, 0) is 5.41 Å². The molecule has 118 valence electrons. The Morgan fingerprint density at radius 3 is 2.36 bits per heavy atom. The minimum absolute atomic E-state index is 0.0863. The molecule has 0 spiro atoms. The molecule has 1 fully saturated rings. The molecule has 1 saturated heterocycles. The third kappa shape index (κ3) is 3.54. The Bertz CT molecular complexity index is 560. The van der Waals surface area contributed by atoms with Gasteiger partial charge in [0.15, 0.2) is 0 Å². The number of pyridine rings is 1. The molecule has 2 heterocycles. The molecule has 3 heteroatoms. The second-order valence-corrected chi connectivity index (χ2v) is 5.56. The van der Waals surface area contributed by atoms with Crippen LogP contribution in [0.1, 0.15) is 32.3 Å². The van der Waals surface area contributed by atoms with Crippen molar-refractivity contribution < 1.29 is 0 Å². The number of nitrogens with two attached hydrogens (primary N) is 1. The summed E-state index contributed by atoms with van der Waals surface area (Å²) in [5.74, 6) is 0. The number of hydrogen-bond acceptors (Lipinski definition) is 3. The summed E-state index contributed by atoms with van der Waals surface area (Å²) < 4.78 is 0. The van der Waals surface area contributed by atoms with Crippen LogP contribution in [-0.4, -0.2) is 24.6 Å². The summed E-state index contributed by atoms with van der Waals surface area (Å²) in [4.78, 5) is 4.45. The van der Waals surface area contributed by atoms with Gasteiger partial charge in [0, 0.05) is 29.9 Å². The lowest BCUT2D eigenvalue weighted by Crippen LogP contribution is -2.44. The Balaban J connectivity index is 0.000000847. The molecular weight excluding hydrogens is 270 g/mol. The highest BCUT2D eigenvalue weighted by Crippen LogP contribution is 2.33. The smallest absolute Gasteiger partial charge is 0.0346 e. The van der Waals surface area contributed by atoms with Crippen LogP contribution in [0.25, 0.3) is 11.1 Å². The highest BCUT2D eigenvalue weighted by molar-refractivity contribution is 5.63. The molecule has 0 saturated carbocycles. The zero-order valence-corrected chi connectivity index (χ0v) is 13.7. The lowest BCUT2D eigenvalue weighted by Gasteiger charge is -2.37. The van der Waals surface area contributed by atoms with Gasteiger partial charge in [-0.15, -0.1) is 0 Å². The van der Waals surface area contributed by atoms with E-state index in [1.807, 2.05) is 32.3 Å². The number of nitrogens with zero attached hydrogens (tertiary/aromatic N) is 1. The molecule has 0 amide bonds. The lowest BCUT2D eigenvalue weighted by atomic mass is 9.73. The minimum atomic E-state index is 0.0863. The van der Waals surface area contributed by atoms with E-state index < -0.39 is 0 Å². The van der Waals surface area contributed by atoms with E-state index in [-0.39, 0.29) is 5.41 Å². The van der Waals surface area contributed by atoms with Crippen LogP contribution in [0.5, 0.6) is 0 Å². The number of benzene rings is 1. The molecule has 22 heavy (non-hydrogen) atoms. The number of rotatable bonds is 3. The van der Waals surface area contributed by atoms with Gasteiger partial charge < -0.3 is 11.1 Å². The average molecular weight is 297 g/mol. The standard InChI is InChI=1S/C17H21N3.C2H6/c18-13-17(6-8-19-9-7-17)16-10-15(11-20-12-16)14-4-2-1-3-5-14;1-2/h1-5,10-12,19H,6-9,13,18H2;1-2H3. The maximum Gasteiger partial charge on any atom is 0.0346 e. The first kappa shape index (κ1) is 16.7. The molecule has 0 atom stereocenters. The van der Waals surface area contributed by atoms with Gasteiger partial charge in [0.1, 0.15) is 0 Å². The normalized spacial score (nSPS) is 16.5. The fourth-order valence-corrected chi connectivity index (χ4v) is 3.03. The fraction of sp³-hybridized carbons (Fsp3) is 0.421. The highest BCUT2D eigenvalue weighted by atomic mass is 14.9. The van der Waals surface area contributed by atoms with Gasteiger partial charge in [-0.25, -0.2) is 0 Å². The van der Waals surface area contributed by atoms with Crippen molar-refractivity contribution in [2.24, 2.45) is 5.73 Å². The summed E-state index contributed by atoms with van der Waals surface area (Å²) in [5, 5.41) is 3.41. The predicted molar refractivity (Wildman–Crippen MR) is 93.9 cm³/mol. The van der Waals surface area contributed by atoms with Crippen LogP contribution < -0.4 is 11.1 Å². The zero-order chi connectivity index (χ0) is 15.8. The molecule has 0 aliphatic carbocycles. The van der Waals surface area contributed by atoms with Crippen molar-refractivity contribution >= 4 is 0 Å². The lowest BCUT2D eigenvalue weighted by molar-refractivity contribution is 0.315. The van der Waals surface area contributed by atoms with E-state index in [2.05, 4.69) is 40.6 Å². The van der Waals surface area contributed by atoms with E-state index in [4.69, 9.17) is 5.73 Å². The van der Waals surface area contributed by atoms with Crippen LogP contribution in [0, 0.1) is 0 Å². The molecule has 1 aromatic heterocycles. The van der Waals surface area contributed by atoms with E-state index in [9.17, 15) is 0 Å². The molecule has 0 bridgehead atoms. The summed E-state index contributed by atoms with van der Waals surface area (Å²) in [6.45, 7) is 6.76. The van der Waals surface area contributed by atoms with Crippen molar-refractivity contribution in [1.29, 1.82) is 0 Å². The summed E-state index contributed by atoms with van der Waals surface area (Å²) in [5.41, 5.74) is 9.86. The van der Waals surface area contributed by atoms with Gasteiger partial charge in [-0.2, -0.15) is 0 Å². The second-order valence-electron chi connectivity index (χ2n) is 5.56. The summed E-state index contributed by atoms with van der Waals surface area (Å²) >= 11 is 0. The van der Waals surface area contributed by atoms with Gasteiger partial charge in [0.2, 0.25) is 0 Å². The Hall–Kier alpha value is -1.71. The SMILES string of the molecule is CC.NCC1(c2cncc(-c3ccccc3)c2)CCNCC1. The van der Waals surface area contributed by atoms with Crippen molar-refractivity contribution in [2.45, 2.75) is 32.1 Å². The van der Waals surface area contributed by atoms with Gasteiger partial charge in [0.05, 0.1) is 0 Å². The van der Waals surface area contributed by atoms with E-state index in [1.54, 1.807) is 0 Å². The van der Waals surface area contributed by atoms with Crippen LogP contribution in [0.4, 0.5) is 0 Å². The quantitative estimate of drug-likeness (QED) is 0.913. The Labute approximate surface area is 134 Å². The number of piperidine rings is 1. The van der Waals surface area contributed by atoms with Crippen LogP contribution in [0.15, 0.2) is 48.8 Å². The van der Waals surface area contributed by atoms with Gasteiger partial charge >= 0.3 is 0 Å². The van der Waals surface area contributed by atoms with Crippen molar-refractivity contribution in [3.8, 4) is 11.1 Å². The molecule has 1 aliphatic heterocycles. The van der Waals surface area contributed by atoms with Gasteiger partial charge in [-0.05, 0) is 43.1 Å². The first-order valence-electron chi connectivity index (χ1n) is 8.26. The first-order chi connectivity index (χ1) is 10.8. The van der Waals surface area contributed by atoms with Crippen molar-refractivity contribution in [1.82, 2.24) is 10.3 Å². The van der Waals surface area contributed by atoms with Crippen molar-refractivity contribution in [2.75, 3.05) is 19.6 Å². The maximum absolute atomic E-state index is 6.10. The molecule has 1 aromatic carbocycles. The van der Waals surface area contributed by atoms with E-state index >= 15 is 0 Å². The molecule has 1 aliphatic rings. The highest BCUT2D eigenvalue weighted by Gasteiger charge is 2.32. The third-order valence-corrected chi connectivity index (χ3v) is 4.41. The van der Waals surface area contributed by atoms with E-state index in [0.29, 0.717) is 6.54 Å². The number of aromatic nitrogens is 1. The Morgan fingerprint density at radius 2 is 1.73 bits per heavy atom.